The number of sulfonamides is 1. The van der Waals surface area contributed by atoms with E-state index in [4.69, 9.17) is 16.3 Å². The van der Waals surface area contributed by atoms with Gasteiger partial charge in [-0.15, -0.1) is 0 Å². The minimum atomic E-state index is -3.95. The Hall–Kier alpha value is -3.36. The number of hydrogen-bond acceptors (Lipinski definition) is 5. The van der Waals surface area contributed by atoms with Crippen LogP contribution in [0.3, 0.4) is 0 Å². The first-order valence-corrected chi connectivity index (χ1v) is 11.9. The Balaban J connectivity index is 1.62. The highest BCUT2D eigenvalue weighted by atomic mass is 35.5. The van der Waals surface area contributed by atoms with E-state index in [1.54, 1.807) is 30.3 Å². The molecule has 0 aliphatic carbocycles. The van der Waals surface area contributed by atoms with Gasteiger partial charge in [0.1, 0.15) is 0 Å². The summed E-state index contributed by atoms with van der Waals surface area (Å²) in [7, 11) is -2.53. The quantitative estimate of drug-likeness (QED) is 0.466. The van der Waals surface area contributed by atoms with Gasteiger partial charge in [-0.1, -0.05) is 60.1 Å². The molecule has 0 radical (unpaired) electrons. The standard InChI is InChI=1S/C24H23ClN2O5S/c1-27(19-10-6-3-7-11-19)33(30,31)20-12-13-22(25)21(16-20)24(29)32-17-23(28)26-15-14-18-8-4-2-5-9-18/h2-13,16H,14-15,17H2,1H3,(H,26,28). The molecule has 1 amide bonds. The zero-order valence-electron chi connectivity index (χ0n) is 17.9. The number of carbonyl (C=O) groups excluding carboxylic acids is 2. The predicted molar refractivity (Wildman–Crippen MR) is 127 cm³/mol. The smallest absolute Gasteiger partial charge is 0.340 e. The van der Waals surface area contributed by atoms with Crippen LogP contribution in [-0.4, -0.2) is 40.5 Å². The fourth-order valence-electron chi connectivity index (χ4n) is 3.01. The molecule has 0 aromatic heterocycles. The molecule has 9 heteroatoms. The van der Waals surface area contributed by atoms with Crippen molar-refractivity contribution in [3.8, 4) is 0 Å². The average molecular weight is 487 g/mol. The summed E-state index contributed by atoms with van der Waals surface area (Å²) in [6, 6.07) is 21.9. The Kier molecular flexibility index (Phi) is 8.08. The minimum Gasteiger partial charge on any atom is -0.452 e. The predicted octanol–water partition coefficient (Wildman–Crippen LogP) is 3.68. The number of nitrogens with zero attached hydrogens (tertiary/aromatic N) is 1. The van der Waals surface area contributed by atoms with Crippen LogP contribution in [0.2, 0.25) is 5.02 Å². The third-order valence-electron chi connectivity index (χ3n) is 4.85. The SMILES string of the molecule is CN(c1ccccc1)S(=O)(=O)c1ccc(Cl)c(C(=O)OCC(=O)NCCc2ccccc2)c1. The van der Waals surface area contributed by atoms with Crippen molar-refractivity contribution in [2.45, 2.75) is 11.3 Å². The van der Waals surface area contributed by atoms with E-state index < -0.39 is 28.5 Å². The van der Waals surface area contributed by atoms with Crippen molar-refractivity contribution in [1.82, 2.24) is 5.32 Å². The number of rotatable bonds is 9. The summed E-state index contributed by atoms with van der Waals surface area (Å²) in [6.07, 6.45) is 0.640. The first-order valence-electron chi connectivity index (χ1n) is 10.1. The molecule has 3 aromatic rings. The van der Waals surface area contributed by atoms with Gasteiger partial charge < -0.3 is 10.1 Å². The normalized spacial score (nSPS) is 11.0. The van der Waals surface area contributed by atoms with Crippen LogP contribution in [0.1, 0.15) is 15.9 Å². The Labute approximate surface area is 198 Å². The molecule has 0 aliphatic heterocycles. The molecule has 0 saturated heterocycles. The van der Waals surface area contributed by atoms with E-state index in [9.17, 15) is 18.0 Å². The Morgan fingerprint density at radius 2 is 1.61 bits per heavy atom. The van der Waals surface area contributed by atoms with E-state index in [-0.39, 0.29) is 15.5 Å². The van der Waals surface area contributed by atoms with Crippen LogP contribution in [0.15, 0.2) is 83.8 Å². The van der Waals surface area contributed by atoms with Crippen LogP contribution in [0, 0.1) is 0 Å². The third-order valence-corrected chi connectivity index (χ3v) is 6.96. The second kappa shape index (κ2) is 11.0. The molecule has 1 N–H and O–H groups in total. The van der Waals surface area contributed by atoms with Crippen molar-refractivity contribution < 1.29 is 22.7 Å². The van der Waals surface area contributed by atoms with Gasteiger partial charge in [-0.25, -0.2) is 13.2 Å². The van der Waals surface area contributed by atoms with Crippen LogP contribution in [0.5, 0.6) is 0 Å². The maximum absolute atomic E-state index is 13.0. The van der Waals surface area contributed by atoms with E-state index >= 15 is 0 Å². The molecule has 0 bridgehead atoms. The molecule has 33 heavy (non-hydrogen) atoms. The lowest BCUT2D eigenvalue weighted by Crippen LogP contribution is -2.30. The molecule has 3 rings (SSSR count). The molecule has 0 saturated carbocycles. The maximum atomic E-state index is 13.0. The number of halogens is 1. The van der Waals surface area contributed by atoms with Crippen LogP contribution in [0.25, 0.3) is 0 Å². The summed E-state index contributed by atoms with van der Waals surface area (Å²) in [5.41, 5.74) is 1.39. The van der Waals surface area contributed by atoms with Crippen LogP contribution in [0.4, 0.5) is 5.69 Å². The highest BCUT2D eigenvalue weighted by Gasteiger charge is 2.24. The fraction of sp³-hybridized carbons (Fsp3) is 0.167. The van der Waals surface area contributed by atoms with Crippen molar-refractivity contribution in [3.63, 3.8) is 0 Å². The zero-order valence-corrected chi connectivity index (χ0v) is 19.5. The zero-order chi connectivity index (χ0) is 23.8. The van der Waals surface area contributed by atoms with E-state index in [2.05, 4.69) is 5.32 Å². The summed E-state index contributed by atoms with van der Waals surface area (Å²) < 4.78 is 32.1. The topological polar surface area (TPSA) is 92.8 Å². The van der Waals surface area contributed by atoms with E-state index in [1.807, 2.05) is 30.3 Å². The number of benzene rings is 3. The molecule has 0 aliphatic rings. The van der Waals surface area contributed by atoms with Gasteiger partial charge in [0.15, 0.2) is 6.61 Å². The number of amides is 1. The van der Waals surface area contributed by atoms with Crippen LogP contribution < -0.4 is 9.62 Å². The Morgan fingerprint density at radius 1 is 0.970 bits per heavy atom. The average Bonchev–Trinajstić information content (AvgIpc) is 2.83. The van der Waals surface area contributed by atoms with Crippen molar-refractivity contribution >= 4 is 39.2 Å². The molecular weight excluding hydrogens is 464 g/mol. The molecule has 0 spiro atoms. The first-order chi connectivity index (χ1) is 15.8. The van der Waals surface area contributed by atoms with Crippen molar-refractivity contribution in [3.05, 3.63) is 95.0 Å². The highest BCUT2D eigenvalue weighted by molar-refractivity contribution is 7.92. The molecule has 0 fully saturated rings. The van der Waals surface area contributed by atoms with Gasteiger partial charge in [-0.3, -0.25) is 9.10 Å². The highest BCUT2D eigenvalue weighted by Crippen LogP contribution is 2.26. The second-order valence-corrected chi connectivity index (χ2v) is 9.49. The number of esters is 1. The summed E-state index contributed by atoms with van der Waals surface area (Å²) in [5.74, 6) is -1.36. The fourth-order valence-corrected chi connectivity index (χ4v) is 4.42. The van der Waals surface area contributed by atoms with Gasteiger partial charge in [0.05, 0.1) is 21.2 Å². The van der Waals surface area contributed by atoms with Crippen molar-refractivity contribution in [2.24, 2.45) is 0 Å². The number of hydrogen-bond donors (Lipinski definition) is 1. The third kappa shape index (κ3) is 6.34. The number of para-hydroxylation sites is 1. The molecular formula is C24H23ClN2O5S. The molecule has 3 aromatic carbocycles. The molecule has 172 valence electrons. The minimum absolute atomic E-state index is 0.0193. The molecule has 0 unspecified atom stereocenters. The largest absolute Gasteiger partial charge is 0.452 e. The Morgan fingerprint density at radius 3 is 2.27 bits per heavy atom. The number of anilines is 1. The van der Waals surface area contributed by atoms with E-state index in [1.165, 1.54) is 19.2 Å². The maximum Gasteiger partial charge on any atom is 0.340 e. The summed E-state index contributed by atoms with van der Waals surface area (Å²) >= 11 is 6.09. The summed E-state index contributed by atoms with van der Waals surface area (Å²) in [6.45, 7) is -0.119. The lowest BCUT2D eigenvalue weighted by molar-refractivity contribution is -0.124. The van der Waals surface area contributed by atoms with Gasteiger partial charge in [0.25, 0.3) is 15.9 Å². The summed E-state index contributed by atoms with van der Waals surface area (Å²) in [5, 5.41) is 2.69. The lowest BCUT2D eigenvalue weighted by atomic mass is 10.1. The number of carbonyl (C=O) groups is 2. The molecule has 7 nitrogen and oxygen atoms in total. The monoisotopic (exact) mass is 486 g/mol. The van der Waals surface area contributed by atoms with Gasteiger partial charge in [-0.05, 0) is 42.3 Å². The van der Waals surface area contributed by atoms with Crippen LogP contribution >= 0.6 is 11.6 Å². The number of nitrogens with one attached hydrogen (secondary N) is 1. The molecule has 0 heterocycles. The van der Waals surface area contributed by atoms with E-state index in [0.29, 0.717) is 18.7 Å². The summed E-state index contributed by atoms with van der Waals surface area (Å²) in [4.78, 5) is 24.4. The second-order valence-electron chi connectivity index (χ2n) is 7.11. The lowest BCUT2D eigenvalue weighted by Gasteiger charge is -2.20. The van der Waals surface area contributed by atoms with Gasteiger partial charge in [0, 0.05) is 13.6 Å². The van der Waals surface area contributed by atoms with Crippen molar-refractivity contribution in [1.29, 1.82) is 0 Å². The number of ether oxygens (including phenoxy) is 1. The van der Waals surface area contributed by atoms with Gasteiger partial charge >= 0.3 is 5.97 Å². The van der Waals surface area contributed by atoms with Gasteiger partial charge in [-0.2, -0.15) is 0 Å². The molecule has 0 atom stereocenters. The first kappa shape index (κ1) is 24.3. The van der Waals surface area contributed by atoms with Crippen molar-refractivity contribution in [2.75, 3.05) is 24.5 Å². The van der Waals surface area contributed by atoms with Gasteiger partial charge in [0.2, 0.25) is 0 Å². The Bertz CT molecular complexity index is 1220. The van der Waals surface area contributed by atoms with Crippen LogP contribution in [-0.2, 0) is 26.0 Å². The van der Waals surface area contributed by atoms with E-state index in [0.717, 1.165) is 15.9 Å².